The van der Waals surface area contributed by atoms with Gasteiger partial charge in [-0.1, -0.05) is 27.5 Å². The largest absolute Gasteiger partial charge is 0.488 e. The summed E-state index contributed by atoms with van der Waals surface area (Å²) < 4.78 is 20.7. The van der Waals surface area contributed by atoms with Crippen molar-refractivity contribution in [2.75, 3.05) is 11.9 Å². The van der Waals surface area contributed by atoms with Gasteiger partial charge in [0.15, 0.2) is 0 Å². The van der Waals surface area contributed by atoms with E-state index in [4.69, 9.17) is 16.3 Å². The molecule has 0 saturated heterocycles. The molecular weight excluding hydrogens is 424 g/mol. The normalized spacial score (nSPS) is 16.5. The van der Waals surface area contributed by atoms with Gasteiger partial charge < -0.3 is 10.1 Å². The quantitative estimate of drug-likeness (QED) is 0.695. The van der Waals surface area contributed by atoms with Crippen molar-refractivity contribution < 1.29 is 9.13 Å². The van der Waals surface area contributed by atoms with Crippen LogP contribution < -0.4 is 10.1 Å². The van der Waals surface area contributed by atoms with Gasteiger partial charge in [-0.3, -0.25) is 0 Å². The Bertz CT molecular complexity index is 672. The van der Waals surface area contributed by atoms with Crippen molar-refractivity contribution >= 4 is 49.1 Å². The van der Waals surface area contributed by atoms with Gasteiger partial charge in [-0.25, -0.2) is 4.39 Å². The molecule has 1 atom stereocenters. The third-order valence-corrected chi connectivity index (χ3v) is 4.69. The van der Waals surface area contributed by atoms with Crippen molar-refractivity contribution in [3.05, 3.63) is 55.7 Å². The zero-order valence-corrected chi connectivity index (χ0v) is 14.7. The molecule has 1 unspecified atom stereocenters. The van der Waals surface area contributed by atoms with Crippen LogP contribution in [0.3, 0.4) is 0 Å². The SMILES string of the molecule is Fc1cc(Cl)c(NCC2Cc3cc(Br)ccc3O2)c(Br)c1. The second-order valence-electron chi connectivity index (χ2n) is 4.82. The molecule has 0 aromatic heterocycles. The van der Waals surface area contributed by atoms with E-state index >= 15 is 0 Å². The summed E-state index contributed by atoms with van der Waals surface area (Å²) in [5, 5.41) is 3.56. The van der Waals surface area contributed by atoms with Gasteiger partial charge in [0, 0.05) is 15.4 Å². The Hall–Kier alpha value is -0.780. The molecule has 1 heterocycles. The Balaban J connectivity index is 1.68. The fraction of sp³-hybridized carbons (Fsp3) is 0.200. The molecule has 1 N–H and O–H groups in total. The molecule has 0 amide bonds. The highest BCUT2D eigenvalue weighted by Crippen LogP contribution is 2.34. The van der Waals surface area contributed by atoms with Gasteiger partial charge in [0.1, 0.15) is 17.7 Å². The minimum absolute atomic E-state index is 0.0299. The highest BCUT2D eigenvalue weighted by atomic mass is 79.9. The minimum Gasteiger partial charge on any atom is -0.488 e. The number of benzene rings is 2. The average molecular weight is 436 g/mol. The van der Waals surface area contributed by atoms with E-state index in [1.807, 2.05) is 12.1 Å². The van der Waals surface area contributed by atoms with E-state index in [1.165, 1.54) is 17.7 Å². The van der Waals surface area contributed by atoms with Crippen LogP contribution >= 0.6 is 43.5 Å². The van der Waals surface area contributed by atoms with Gasteiger partial charge in [-0.15, -0.1) is 0 Å². The van der Waals surface area contributed by atoms with E-state index in [0.29, 0.717) is 21.7 Å². The number of hydrogen-bond donors (Lipinski definition) is 1. The van der Waals surface area contributed by atoms with Crippen molar-refractivity contribution in [2.24, 2.45) is 0 Å². The lowest BCUT2D eigenvalue weighted by molar-refractivity contribution is 0.246. The lowest BCUT2D eigenvalue weighted by Gasteiger charge is -2.15. The molecule has 0 bridgehead atoms. The Labute approximate surface area is 143 Å². The molecular formula is C15H11Br2ClFNO. The summed E-state index contributed by atoms with van der Waals surface area (Å²) in [6.07, 6.45) is 0.861. The average Bonchev–Trinajstić information content (AvgIpc) is 2.79. The first kappa shape index (κ1) is 15.1. The molecule has 2 aromatic rings. The van der Waals surface area contributed by atoms with Crippen LogP contribution in [-0.4, -0.2) is 12.6 Å². The first-order valence-corrected chi connectivity index (χ1v) is 8.33. The third kappa shape index (κ3) is 3.35. The van der Waals surface area contributed by atoms with Crippen LogP contribution in [-0.2, 0) is 6.42 Å². The standard InChI is InChI=1S/C15H11Br2ClFNO/c16-9-1-2-14-8(3-9)4-11(21-14)7-20-15-12(17)5-10(19)6-13(15)18/h1-3,5-6,11,20H,4,7H2. The molecule has 1 aliphatic heterocycles. The van der Waals surface area contributed by atoms with Gasteiger partial charge in [-0.05, 0) is 51.8 Å². The minimum atomic E-state index is -0.369. The monoisotopic (exact) mass is 433 g/mol. The van der Waals surface area contributed by atoms with Gasteiger partial charge in [0.05, 0.1) is 17.3 Å². The van der Waals surface area contributed by atoms with Crippen LogP contribution in [0.1, 0.15) is 5.56 Å². The van der Waals surface area contributed by atoms with E-state index < -0.39 is 0 Å². The first-order valence-electron chi connectivity index (χ1n) is 6.36. The number of halogens is 4. The van der Waals surface area contributed by atoms with E-state index in [9.17, 15) is 4.39 Å². The van der Waals surface area contributed by atoms with Gasteiger partial charge >= 0.3 is 0 Å². The Morgan fingerprint density at radius 3 is 2.86 bits per heavy atom. The summed E-state index contributed by atoms with van der Waals surface area (Å²) >= 11 is 12.8. The summed E-state index contributed by atoms with van der Waals surface area (Å²) in [6, 6.07) is 8.66. The lowest BCUT2D eigenvalue weighted by Crippen LogP contribution is -2.24. The molecule has 0 fully saturated rings. The van der Waals surface area contributed by atoms with E-state index in [0.717, 1.165) is 16.6 Å². The predicted molar refractivity (Wildman–Crippen MR) is 89.9 cm³/mol. The van der Waals surface area contributed by atoms with E-state index in [2.05, 4.69) is 43.2 Å². The molecule has 110 valence electrons. The fourth-order valence-electron chi connectivity index (χ4n) is 2.33. The Kier molecular flexibility index (Phi) is 4.43. The number of nitrogens with one attached hydrogen (secondary N) is 1. The molecule has 0 aliphatic carbocycles. The van der Waals surface area contributed by atoms with Gasteiger partial charge in [-0.2, -0.15) is 0 Å². The summed E-state index contributed by atoms with van der Waals surface area (Å²) in [4.78, 5) is 0. The molecule has 1 aliphatic rings. The Morgan fingerprint density at radius 2 is 2.10 bits per heavy atom. The number of hydrogen-bond acceptors (Lipinski definition) is 2. The topological polar surface area (TPSA) is 21.3 Å². The van der Waals surface area contributed by atoms with Gasteiger partial charge in [0.25, 0.3) is 0 Å². The number of rotatable bonds is 3. The lowest BCUT2D eigenvalue weighted by atomic mass is 10.1. The zero-order chi connectivity index (χ0) is 15.0. The second kappa shape index (κ2) is 6.15. The summed E-state index contributed by atoms with van der Waals surface area (Å²) in [7, 11) is 0. The van der Waals surface area contributed by atoms with Crippen LogP contribution in [0, 0.1) is 5.82 Å². The highest BCUT2D eigenvalue weighted by Gasteiger charge is 2.23. The Morgan fingerprint density at radius 1 is 1.29 bits per heavy atom. The highest BCUT2D eigenvalue weighted by molar-refractivity contribution is 9.10. The number of anilines is 1. The molecule has 2 nitrogen and oxygen atoms in total. The molecule has 6 heteroatoms. The van der Waals surface area contributed by atoms with Crippen LogP contribution in [0.25, 0.3) is 0 Å². The van der Waals surface area contributed by atoms with Crippen molar-refractivity contribution in [2.45, 2.75) is 12.5 Å². The second-order valence-corrected chi connectivity index (χ2v) is 7.00. The molecule has 0 radical (unpaired) electrons. The molecule has 2 aromatic carbocycles. The maximum absolute atomic E-state index is 13.2. The molecule has 21 heavy (non-hydrogen) atoms. The van der Waals surface area contributed by atoms with Gasteiger partial charge in [0.2, 0.25) is 0 Å². The maximum atomic E-state index is 13.2. The van der Waals surface area contributed by atoms with Crippen LogP contribution in [0.5, 0.6) is 5.75 Å². The van der Waals surface area contributed by atoms with Crippen molar-refractivity contribution in [1.29, 1.82) is 0 Å². The van der Waals surface area contributed by atoms with Crippen molar-refractivity contribution in [1.82, 2.24) is 0 Å². The molecule has 3 rings (SSSR count). The van der Waals surface area contributed by atoms with Crippen LogP contribution in [0.2, 0.25) is 5.02 Å². The maximum Gasteiger partial charge on any atom is 0.125 e. The number of fused-ring (bicyclic) bond motifs is 1. The van der Waals surface area contributed by atoms with Crippen LogP contribution in [0.15, 0.2) is 39.3 Å². The fourth-order valence-corrected chi connectivity index (χ4v) is 3.70. The van der Waals surface area contributed by atoms with Crippen molar-refractivity contribution in [3.8, 4) is 5.75 Å². The number of ether oxygens (including phenoxy) is 1. The third-order valence-electron chi connectivity index (χ3n) is 3.28. The first-order chi connectivity index (χ1) is 10.0. The van der Waals surface area contributed by atoms with E-state index in [-0.39, 0.29) is 11.9 Å². The van der Waals surface area contributed by atoms with Crippen molar-refractivity contribution in [3.63, 3.8) is 0 Å². The predicted octanol–water partition coefficient (Wildman–Crippen LogP) is 5.42. The zero-order valence-electron chi connectivity index (χ0n) is 10.8. The molecule has 0 spiro atoms. The summed E-state index contributed by atoms with van der Waals surface area (Å²) in [6.45, 7) is 0.594. The van der Waals surface area contributed by atoms with Crippen LogP contribution in [0.4, 0.5) is 10.1 Å². The van der Waals surface area contributed by atoms with E-state index in [1.54, 1.807) is 0 Å². The molecule has 0 saturated carbocycles. The summed E-state index contributed by atoms with van der Waals surface area (Å²) in [5.41, 5.74) is 1.86. The smallest absolute Gasteiger partial charge is 0.125 e. The summed E-state index contributed by atoms with van der Waals surface area (Å²) in [5.74, 6) is 0.543.